The predicted molar refractivity (Wildman–Crippen MR) is 166 cm³/mol. The molecule has 4 aromatic heterocycles. The lowest BCUT2D eigenvalue weighted by atomic mass is 10.1. The number of nitrogens with one attached hydrogen (secondary N) is 1. The summed E-state index contributed by atoms with van der Waals surface area (Å²) in [6.07, 6.45) is 9.32. The fourth-order valence-corrected chi connectivity index (χ4v) is 6.18. The Bertz CT molecular complexity index is 1850. The van der Waals surface area contributed by atoms with Crippen LogP contribution in [0.1, 0.15) is 62.0 Å². The fraction of sp³-hybridized carbons (Fsp3) is 0.364. The van der Waals surface area contributed by atoms with Crippen LogP contribution in [0.3, 0.4) is 0 Å². The molecule has 0 unspecified atom stereocenters. The highest BCUT2D eigenvalue weighted by Crippen LogP contribution is 2.35. The molecule has 10 heteroatoms. The van der Waals surface area contributed by atoms with E-state index in [1.165, 1.54) is 0 Å². The highest BCUT2D eigenvalue weighted by molar-refractivity contribution is 5.99. The number of rotatable bonds is 8. The van der Waals surface area contributed by atoms with Gasteiger partial charge in [0.05, 0.1) is 24.3 Å². The molecule has 0 amide bonds. The molecule has 1 aliphatic heterocycles. The SMILES string of the molecule is CCCC(=O)c1cc2cnc(Nc3ccc(-c4ccc5c(=O)cc(N6CCOCC6)oc5c4)cn3)nc2n1C1CCCC1. The number of aromatic nitrogens is 4. The number of carbonyl (C=O) groups excluding carboxylic acids is 1. The van der Waals surface area contributed by atoms with Crippen molar-refractivity contribution in [3.05, 3.63) is 70.8 Å². The molecule has 43 heavy (non-hydrogen) atoms. The van der Waals surface area contributed by atoms with Crippen molar-refractivity contribution >= 4 is 45.4 Å². The Balaban J connectivity index is 1.15. The summed E-state index contributed by atoms with van der Waals surface area (Å²) in [6, 6.07) is 13.2. The third kappa shape index (κ3) is 5.38. The molecular weight excluding hydrogens is 544 g/mol. The van der Waals surface area contributed by atoms with Crippen LogP contribution in [0.25, 0.3) is 33.1 Å². The Morgan fingerprint density at radius 1 is 1.00 bits per heavy atom. The second-order valence-corrected chi connectivity index (χ2v) is 11.3. The van der Waals surface area contributed by atoms with Gasteiger partial charge >= 0.3 is 0 Å². The summed E-state index contributed by atoms with van der Waals surface area (Å²) in [5.41, 5.74) is 3.78. The van der Waals surface area contributed by atoms with Crippen LogP contribution in [0.5, 0.6) is 0 Å². The largest absolute Gasteiger partial charge is 0.440 e. The van der Waals surface area contributed by atoms with Gasteiger partial charge in [-0.3, -0.25) is 9.59 Å². The van der Waals surface area contributed by atoms with Gasteiger partial charge in [0.1, 0.15) is 17.0 Å². The van der Waals surface area contributed by atoms with Crippen LogP contribution in [0, 0.1) is 0 Å². The van der Waals surface area contributed by atoms with E-state index in [1.807, 2.05) is 42.2 Å². The first-order valence-electron chi connectivity index (χ1n) is 15.1. The average Bonchev–Trinajstić information content (AvgIpc) is 3.70. The first kappa shape index (κ1) is 27.3. The lowest BCUT2D eigenvalue weighted by Crippen LogP contribution is -2.36. The first-order valence-corrected chi connectivity index (χ1v) is 15.1. The van der Waals surface area contributed by atoms with E-state index in [2.05, 4.69) is 19.9 Å². The summed E-state index contributed by atoms with van der Waals surface area (Å²) in [6.45, 7) is 4.63. The number of morpholine rings is 1. The number of Topliss-reactive ketones (excluding diaryl/α,β-unsaturated/α-hetero) is 1. The topological polar surface area (TPSA) is 115 Å². The number of nitrogens with zero attached hydrogens (tertiary/aromatic N) is 5. The van der Waals surface area contributed by atoms with Crippen LogP contribution in [-0.4, -0.2) is 51.6 Å². The minimum atomic E-state index is -0.0649. The fourth-order valence-electron chi connectivity index (χ4n) is 6.18. The van der Waals surface area contributed by atoms with Crippen LogP contribution < -0.4 is 15.6 Å². The number of ether oxygens (including phenoxy) is 1. The molecule has 5 heterocycles. The van der Waals surface area contributed by atoms with Crippen molar-refractivity contribution in [1.29, 1.82) is 0 Å². The smallest absolute Gasteiger partial charge is 0.230 e. The lowest BCUT2D eigenvalue weighted by molar-refractivity contribution is 0.0971. The number of anilines is 3. The minimum absolute atomic E-state index is 0.0649. The van der Waals surface area contributed by atoms with Gasteiger partial charge in [-0.15, -0.1) is 0 Å². The second kappa shape index (κ2) is 11.6. The lowest BCUT2D eigenvalue weighted by Gasteiger charge is -2.27. The number of ketones is 1. The van der Waals surface area contributed by atoms with Gasteiger partial charge in [0.25, 0.3) is 0 Å². The maximum atomic E-state index is 13.0. The van der Waals surface area contributed by atoms with Crippen molar-refractivity contribution in [3.8, 4) is 11.1 Å². The number of fused-ring (bicyclic) bond motifs is 2. The maximum absolute atomic E-state index is 13.0. The second-order valence-electron chi connectivity index (χ2n) is 11.3. The molecular formula is C33H34N6O4. The quantitative estimate of drug-likeness (QED) is 0.212. The van der Waals surface area contributed by atoms with E-state index < -0.39 is 0 Å². The third-order valence-electron chi connectivity index (χ3n) is 8.40. The highest BCUT2D eigenvalue weighted by Gasteiger charge is 2.25. The van der Waals surface area contributed by atoms with Crippen molar-refractivity contribution < 1.29 is 13.9 Å². The number of hydrogen-bond acceptors (Lipinski definition) is 9. The van der Waals surface area contributed by atoms with Crippen LogP contribution in [0.15, 0.2) is 64.1 Å². The van der Waals surface area contributed by atoms with E-state index in [-0.39, 0.29) is 17.3 Å². The van der Waals surface area contributed by atoms with Crippen molar-refractivity contribution in [2.45, 2.75) is 51.5 Å². The Hall–Kier alpha value is -4.57. The Kier molecular flexibility index (Phi) is 7.36. The van der Waals surface area contributed by atoms with Crippen molar-refractivity contribution in [2.24, 2.45) is 0 Å². The zero-order valence-corrected chi connectivity index (χ0v) is 24.2. The molecule has 10 nitrogen and oxygen atoms in total. The summed E-state index contributed by atoms with van der Waals surface area (Å²) in [5.74, 6) is 1.76. The number of hydrogen-bond donors (Lipinski definition) is 1. The third-order valence-corrected chi connectivity index (χ3v) is 8.40. The zero-order chi connectivity index (χ0) is 29.3. The van der Waals surface area contributed by atoms with E-state index in [4.69, 9.17) is 14.1 Å². The van der Waals surface area contributed by atoms with E-state index in [0.29, 0.717) is 61.3 Å². The Morgan fingerprint density at radius 2 is 1.81 bits per heavy atom. The predicted octanol–water partition coefficient (Wildman–Crippen LogP) is 6.28. The molecule has 7 rings (SSSR count). The van der Waals surface area contributed by atoms with Gasteiger partial charge in [-0.2, -0.15) is 4.98 Å². The molecule has 1 aliphatic carbocycles. The van der Waals surface area contributed by atoms with Gasteiger partial charge in [-0.1, -0.05) is 25.8 Å². The standard InChI is InChI=1S/C33H34N6O4/c1-2-5-27(40)26-16-23-20-35-33(37-32(23)39(26)24-6-3-4-7-24)36-30-11-9-22(19-34-30)21-8-10-25-28(41)18-31(43-29(25)17-21)38-12-14-42-15-13-38/h8-11,16-20,24H,2-7,12-15H2,1H3,(H,34,35,36,37). The molecule has 1 saturated heterocycles. The summed E-state index contributed by atoms with van der Waals surface area (Å²) in [7, 11) is 0. The molecule has 0 radical (unpaired) electrons. The van der Waals surface area contributed by atoms with Crippen molar-refractivity contribution in [2.75, 3.05) is 36.5 Å². The number of benzene rings is 1. The molecule has 1 saturated carbocycles. The summed E-state index contributed by atoms with van der Waals surface area (Å²) in [4.78, 5) is 41.8. The molecule has 1 aromatic carbocycles. The van der Waals surface area contributed by atoms with Crippen molar-refractivity contribution in [3.63, 3.8) is 0 Å². The average molecular weight is 579 g/mol. The van der Waals surface area contributed by atoms with Crippen LogP contribution in [0.2, 0.25) is 0 Å². The molecule has 2 aliphatic rings. The molecule has 1 N–H and O–H groups in total. The van der Waals surface area contributed by atoms with E-state index >= 15 is 0 Å². The molecule has 0 bridgehead atoms. The molecule has 2 fully saturated rings. The monoisotopic (exact) mass is 578 g/mol. The van der Waals surface area contributed by atoms with Gasteiger partial charge in [-0.25, -0.2) is 9.97 Å². The van der Waals surface area contributed by atoms with Gasteiger partial charge < -0.3 is 23.9 Å². The number of carbonyl (C=O) groups is 1. The van der Waals surface area contributed by atoms with E-state index in [9.17, 15) is 9.59 Å². The molecule has 0 atom stereocenters. The first-order chi connectivity index (χ1) is 21.1. The minimum Gasteiger partial charge on any atom is -0.440 e. The highest BCUT2D eigenvalue weighted by atomic mass is 16.5. The van der Waals surface area contributed by atoms with E-state index in [0.717, 1.165) is 60.0 Å². The number of pyridine rings is 1. The van der Waals surface area contributed by atoms with Crippen LogP contribution in [-0.2, 0) is 4.74 Å². The van der Waals surface area contributed by atoms with Crippen molar-refractivity contribution in [1.82, 2.24) is 19.5 Å². The summed E-state index contributed by atoms with van der Waals surface area (Å²) >= 11 is 0. The van der Waals surface area contributed by atoms with Gasteiger partial charge in [0.2, 0.25) is 5.95 Å². The van der Waals surface area contributed by atoms with E-state index in [1.54, 1.807) is 24.5 Å². The van der Waals surface area contributed by atoms with Crippen LogP contribution >= 0.6 is 0 Å². The Labute approximate surface area is 248 Å². The Morgan fingerprint density at radius 3 is 2.58 bits per heavy atom. The van der Waals surface area contributed by atoms with Gasteiger partial charge in [0, 0.05) is 55.0 Å². The van der Waals surface area contributed by atoms with Gasteiger partial charge in [-0.05, 0) is 55.2 Å². The molecule has 5 aromatic rings. The zero-order valence-electron chi connectivity index (χ0n) is 24.2. The summed E-state index contributed by atoms with van der Waals surface area (Å²) in [5, 5.41) is 4.65. The normalized spacial score (nSPS) is 15.9. The maximum Gasteiger partial charge on any atom is 0.230 e. The summed E-state index contributed by atoms with van der Waals surface area (Å²) < 4.78 is 13.7. The molecule has 0 spiro atoms. The van der Waals surface area contributed by atoms with Crippen LogP contribution in [0.4, 0.5) is 17.7 Å². The van der Waals surface area contributed by atoms with Gasteiger partial charge in [0.15, 0.2) is 17.1 Å². The molecule has 220 valence electrons.